The van der Waals surface area contributed by atoms with Crippen LogP contribution >= 0.6 is 0 Å². The number of hydrogen-bond acceptors (Lipinski definition) is 7. The lowest BCUT2D eigenvalue weighted by atomic mass is 9.76. The van der Waals surface area contributed by atoms with Crippen molar-refractivity contribution in [1.82, 2.24) is 5.32 Å². The zero-order valence-electron chi connectivity index (χ0n) is 25.1. The first kappa shape index (κ1) is 34.1. The van der Waals surface area contributed by atoms with E-state index < -0.39 is 53.5 Å². The molecule has 0 aliphatic carbocycles. The first-order valence-electron chi connectivity index (χ1n) is 13.7. The third kappa shape index (κ3) is 7.97. The molecule has 2 aliphatic rings. The zero-order chi connectivity index (χ0) is 32.3. The van der Waals surface area contributed by atoms with Gasteiger partial charge in [-0.1, -0.05) is 12.1 Å². The fraction of sp³-hybridized carbons (Fsp3) is 0.517. The van der Waals surface area contributed by atoms with E-state index in [-0.39, 0.29) is 18.3 Å². The van der Waals surface area contributed by atoms with Crippen molar-refractivity contribution >= 4 is 30.1 Å². The van der Waals surface area contributed by atoms with Gasteiger partial charge in [-0.25, -0.2) is 8.78 Å². The number of methoxy groups -OCH3 is 1. The molecule has 2 aromatic rings. The first-order chi connectivity index (χ1) is 19.9. The van der Waals surface area contributed by atoms with E-state index in [1.54, 1.807) is 0 Å². The number of aryl methyl sites for hydroxylation is 1. The molecule has 1 fully saturated rings. The van der Waals surface area contributed by atoms with Crippen LogP contribution in [0.4, 0.5) is 27.6 Å². The highest BCUT2D eigenvalue weighted by molar-refractivity contribution is 6.63. The van der Waals surface area contributed by atoms with Gasteiger partial charge < -0.3 is 29.4 Å². The van der Waals surface area contributed by atoms with Gasteiger partial charge in [-0.2, -0.15) is 13.2 Å². The lowest BCUT2D eigenvalue weighted by Crippen LogP contribution is -2.41. The maximum absolute atomic E-state index is 13.8. The van der Waals surface area contributed by atoms with Crippen molar-refractivity contribution in [3.8, 4) is 5.75 Å². The van der Waals surface area contributed by atoms with E-state index in [4.69, 9.17) is 14.0 Å². The summed E-state index contributed by atoms with van der Waals surface area (Å²) in [5.74, 6) is -3.83. The fourth-order valence-electron chi connectivity index (χ4n) is 4.32. The van der Waals surface area contributed by atoms with Gasteiger partial charge in [0.05, 0.1) is 24.9 Å². The van der Waals surface area contributed by atoms with Crippen LogP contribution in [0.2, 0.25) is 0 Å². The minimum atomic E-state index is -4.61. The quantitative estimate of drug-likeness (QED) is 0.273. The number of carbonyl (C=O) groups is 2. The predicted octanol–water partition coefficient (Wildman–Crippen LogP) is 4.85. The van der Waals surface area contributed by atoms with E-state index in [0.717, 1.165) is 44.7 Å². The molecule has 0 aromatic heterocycles. The summed E-state index contributed by atoms with van der Waals surface area (Å²) in [6.45, 7) is 11.4. The normalized spacial score (nSPS) is 17.5. The molecule has 0 bridgehead atoms. The molecule has 1 saturated heterocycles. The molecule has 4 rings (SSSR count). The van der Waals surface area contributed by atoms with Crippen molar-refractivity contribution in [3.05, 3.63) is 52.6 Å². The second kappa shape index (κ2) is 13.1. The summed E-state index contributed by atoms with van der Waals surface area (Å²) < 4.78 is 87.2. The second-order valence-electron chi connectivity index (χ2n) is 11.3. The average molecular weight is 614 g/mol. The predicted molar refractivity (Wildman–Crippen MR) is 151 cm³/mol. The van der Waals surface area contributed by atoms with E-state index >= 15 is 0 Å². The lowest BCUT2D eigenvalue weighted by Gasteiger charge is -2.32. The number of benzene rings is 2. The van der Waals surface area contributed by atoms with Crippen LogP contribution in [0.25, 0.3) is 0 Å². The number of amides is 1. The summed E-state index contributed by atoms with van der Waals surface area (Å²) in [5, 5.41) is 3.80. The number of esters is 1. The van der Waals surface area contributed by atoms with E-state index in [1.807, 2.05) is 10.6 Å². The molecule has 0 spiro atoms. The third-order valence-corrected chi connectivity index (χ3v) is 7.61. The summed E-state index contributed by atoms with van der Waals surface area (Å²) in [6, 6.07) is 3.30. The molecule has 1 atom stereocenters. The Balaban J connectivity index is 0.000000237. The highest BCUT2D eigenvalue weighted by Crippen LogP contribution is 2.38. The van der Waals surface area contributed by atoms with Crippen molar-refractivity contribution in [1.29, 1.82) is 0 Å². The number of nitrogens with one attached hydrogen (secondary N) is 2. The van der Waals surface area contributed by atoms with E-state index in [2.05, 4.69) is 51.5 Å². The molecule has 2 aromatic carbocycles. The maximum Gasteiger partial charge on any atom is 0.498 e. The monoisotopic (exact) mass is 614 g/mol. The van der Waals surface area contributed by atoms with Gasteiger partial charge in [0.25, 0.3) is 5.91 Å². The van der Waals surface area contributed by atoms with Gasteiger partial charge in [0.1, 0.15) is 35.5 Å². The largest absolute Gasteiger partial charge is 0.498 e. The van der Waals surface area contributed by atoms with Gasteiger partial charge >= 0.3 is 19.3 Å². The Bertz CT molecular complexity index is 1310. The van der Waals surface area contributed by atoms with Crippen LogP contribution in [0.1, 0.15) is 62.5 Å². The van der Waals surface area contributed by atoms with Crippen LogP contribution in [0.15, 0.2) is 24.3 Å². The Labute approximate surface area is 247 Å². The van der Waals surface area contributed by atoms with Crippen molar-refractivity contribution in [2.24, 2.45) is 0 Å². The molecule has 2 N–H and O–H groups in total. The van der Waals surface area contributed by atoms with Crippen LogP contribution in [-0.2, 0) is 25.3 Å². The van der Waals surface area contributed by atoms with Crippen LogP contribution in [0, 0.1) is 18.6 Å². The van der Waals surface area contributed by atoms with Gasteiger partial charge in [-0.3, -0.25) is 9.59 Å². The van der Waals surface area contributed by atoms with Crippen LogP contribution in [0.3, 0.4) is 0 Å². The summed E-state index contributed by atoms with van der Waals surface area (Å²) >= 11 is 0. The number of fused-ring (bicyclic) bond motifs is 1. The molecule has 1 unspecified atom stereocenters. The van der Waals surface area contributed by atoms with Gasteiger partial charge in [-0.15, -0.1) is 0 Å². The van der Waals surface area contributed by atoms with Crippen LogP contribution < -0.4 is 20.8 Å². The molecule has 43 heavy (non-hydrogen) atoms. The van der Waals surface area contributed by atoms with Crippen molar-refractivity contribution in [3.63, 3.8) is 0 Å². The molecule has 2 heterocycles. The topological polar surface area (TPSA) is 95.1 Å². The Morgan fingerprint density at radius 1 is 1.07 bits per heavy atom. The van der Waals surface area contributed by atoms with Crippen LogP contribution in [-0.4, -0.2) is 62.7 Å². The molecule has 236 valence electrons. The molecule has 2 aliphatic heterocycles. The summed E-state index contributed by atoms with van der Waals surface area (Å²) in [6.07, 6.45) is -2.45. The summed E-state index contributed by atoms with van der Waals surface area (Å²) in [5.41, 5.74) is 1.51. The maximum atomic E-state index is 13.8. The van der Waals surface area contributed by atoms with Gasteiger partial charge in [0, 0.05) is 11.2 Å². The molecule has 0 radical (unpaired) electrons. The third-order valence-electron chi connectivity index (χ3n) is 7.61. The van der Waals surface area contributed by atoms with E-state index in [9.17, 15) is 31.5 Å². The van der Waals surface area contributed by atoms with Crippen molar-refractivity contribution in [2.75, 3.05) is 25.6 Å². The molecule has 14 heteroatoms. The smallest absolute Gasteiger partial charge is 0.494 e. The highest BCUT2D eigenvalue weighted by Gasteiger charge is 2.52. The van der Waals surface area contributed by atoms with E-state index in [1.165, 1.54) is 11.1 Å². The SMILES string of the molecule is COC(=O)CNC(=O)c1c(F)cc(NC(C)C(F)(F)F)cc1F.Cc1ccc(B2OC(C)(C)C(C)(C)O2)c2c1CCCO2. The number of ether oxygens (including phenoxy) is 2. The minimum absolute atomic E-state index is 0.315. The molecule has 1 amide bonds. The summed E-state index contributed by atoms with van der Waals surface area (Å²) in [7, 11) is 0.713. The minimum Gasteiger partial charge on any atom is -0.494 e. The Kier molecular flexibility index (Phi) is 10.4. The molecule has 0 saturated carbocycles. The number of alkyl halides is 3. The number of rotatable bonds is 6. The Morgan fingerprint density at radius 2 is 1.65 bits per heavy atom. The number of halogens is 5. The van der Waals surface area contributed by atoms with Gasteiger partial charge in [-0.05, 0) is 77.6 Å². The van der Waals surface area contributed by atoms with Gasteiger partial charge in [0.15, 0.2) is 0 Å². The molecular formula is C29H36BF5N2O6. The highest BCUT2D eigenvalue weighted by atomic mass is 19.4. The van der Waals surface area contributed by atoms with Crippen LogP contribution in [0.5, 0.6) is 5.75 Å². The van der Waals surface area contributed by atoms with Gasteiger partial charge in [0.2, 0.25) is 0 Å². The lowest BCUT2D eigenvalue weighted by molar-refractivity contribution is -0.139. The number of hydrogen-bond donors (Lipinski definition) is 2. The van der Waals surface area contributed by atoms with Crippen molar-refractivity contribution in [2.45, 2.75) is 77.8 Å². The molecule has 8 nitrogen and oxygen atoms in total. The number of carbonyl (C=O) groups excluding carboxylic acids is 2. The summed E-state index contributed by atoms with van der Waals surface area (Å²) in [4.78, 5) is 22.4. The Morgan fingerprint density at radius 3 is 2.19 bits per heavy atom. The van der Waals surface area contributed by atoms with E-state index in [0.29, 0.717) is 12.1 Å². The first-order valence-corrected chi connectivity index (χ1v) is 13.7. The van der Waals surface area contributed by atoms with Crippen molar-refractivity contribution < 1.29 is 50.3 Å². The fourth-order valence-corrected chi connectivity index (χ4v) is 4.32. The Hall–Kier alpha value is -3.39. The zero-order valence-corrected chi connectivity index (χ0v) is 25.1. The standard InChI is InChI=1S/C16H23BO3.C13H13F5N2O3/c1-11-8-9-13(14-12(11)7-6-10-18-14)17-19-15(2,3)16(4,5)20-17;1-6(13(16,17)18)20-7-3-8(14)11(9(15)4-7)12(22)19-5-10(21)23-2/h8-9H,6-7,10H2,1-5H3;3-4,6,20H,5H2,1-2H3,(H,19,22). The number of anilines is 1. The average Bonchev–Trinajstić information content (AvgIpc) is 3.13. The second-order valence-corrected chi connectivity index (χ2v) is 11.3. The molecular weight excluding hydrogens is 578 g/mol.